The van der Waals surface area contributed by atoms with Gasteiger partial charge in [-0.3, -0.25) is 0 Å². The summed E-state index contributed by atoms with van der Waals surface area (Å²) in [4.78, 5) is 6.12. The van der Waals surface area contributed by atoms with Crippen molar-refractivity contribution >= 4 is 11.5 Å². The maximum atomic E-state index is 13.9. The van der Waals surface area contributed by atoms with E-state index >= 15 is 0 Å². The lowest BCUT2D eigenvalue weighted by Crippen LogP contribution is -2.22. The number of aromatic nitrogens is 1. The molecule has 0 saturated heterocycles. The molecule has 3 nitrogen and oxygen atoms in total. The van der Waals surface area contributed by atoms with Crippen molar-refractivity contribution in [3.8, 4) is 0 Å². The van der Waals surface area contributed by atoms with E-state index in [2.05, 4.69) is 4.98 Å². The normalized spacial score (nSPS) is 10.3. The van der Waals surface area contributed by atoms with Crippen molar-refractivity contribution in [3.05, 3.63) is 54.5 Å². The smallest absolute Gasteiger partial charge is 0.146 e. The quantitative estimate of drug-likeness (QED) is 0.880. The van der Waals surface area contributed by atoms with E-state index in [1.165, 1.54) is 6.07 Å². The van der Waals surface area contributed by atoms with Gasteiger partial charge in [-0.1, -0.05) is 18.2 Å². The van der Waals surface area contributed by atoms with Crippen LogP contribution < -0.4 is 10.6 Å². The highest BCUT2D eigenvalue weighted by atomic mass is 19.1. The van der Waals surface area contributed by atoms with Gasteiger partial charge in [-0.25, -0.2) is 9.37 Å². The Balaban J connectivity index is 2.34. The number of benzene rings is 1. The Bertz CT molecular complexity index is 487. The molecule has 0 radical (unpaired) electrons. The van der Waals surface area contributed by atoms with Crippen LogP contribution >= 0.6 is 0 Å². The number of halogens is 1. The maximum Gasteiger partial charge on any atom is 0.146 e. The summed E-state index contributed by atoms with van der Waals surface area (Å²) >= 11 is 0. The number of para-hydroxylation sites is 1. The van der Waals surface area contributed by atoms with E-state index in [-0.39, 0.29) is 5.82 Å². The van der Waals surface area contributed by atoms with Crippen molar-refractivity contribution in [1.29, 1.82) is 0 Å². The van der Waals surface area contributed by atoms with Crippen molar-refractivity contribution in [1.82, 2.24) is 4.98 Å². The minimum atomic E-state index is -0.250. The van der Waals surface area contributed by atoms with Crippen molar-refractivity contribution in [2.45, 2.75) is 6.42 Å². The molecule has 94 valence electrons. The van der Waals surface area contributed by atoms with Crippen LogP contribution in [0.4, 0.5) is 15.9 Å². The second-order valence-corrected chi connectivity index (χ2v) is 3.93. The molecule has 0 atom stereocenters. The Morgan fingerprint density at radius 3 is 2.56 bits per heavy atom. The lowest BCUT2D eigenvalue weighted by atomic mass is 10.2. The second kappa shape index (κ2) is 6.12. The van der Waals surface area contributed by atoms with Crippen LogP contribution in [0.1, 0.15) is 6.42 Å². The fourth-order valence-electron chi connectivity index (χ4n) is 1.79. The Kier molecular flexibility index (Phi) is 4.25. The van der Waals surface area contributed by atoms with Crippen LogP contribution in [0.2, 0.25) is 0 Å². The zero-order valence-electron chi connectivity index (χ0n) is 10.1. The Labute approximate surface area is 106 Å². The van der Waals surface area contributed by atoms with Crippen molar-refractivity contribution < 1.29 is 4.39 Å². The van der Waals surface area contributed by atoms with Gasteiger partial charge in [-0.15, -0.1) is 0 Å². The van der Waals surface area contributed by atoms with Gasteiger partial charge in [0.15, 0.2) is 0 Å². The van der Waals surface area contributed by atoms with Crippen molar-refractivity contribution in [2.24, 2.45) is 5.73 Å². The monoisotopic (exact) mass is 245 g/mol. The number of nitrogens with zero attached hydrogens (tertiary/aromatic N) is 2. The van der Waals surface area contributed by atoms with Gasteiger partial charge in [0.2, 0.25) is 0 Å². The summed E-state index contributed by atoms with van der Waals surface area (Å²) in [6.45, 7) is 1.21. The van der Waals surface area contributed by atoms with E-state index in [0.29, 0.717) is 18.8 Å². The third kappa shape index (κ3) is 2.84. The first-order chi connectivity index (χ1) is 8.83. The van der Waals surface area contributed by atoms with Crippen LogP contribution in [0.15, 0.2) is 48.7 Å². The molecule has 0 aliphatic carbocycles. The molecule has 1 aromatic carbocycles. The van der Waals surface area contributed by atoms with Gasteiger partial charge in [-0.2, -0.15) is 0 Å². The van der Waals surface area contributed by atoms with Gasteiger partial charge >= 0.3 is 0 Å². The van der Waals surface area contributed by atoms with Crippen LogP contribution in [0.5, 0.6) is 0 Å². The predicted octanol–water partition coefficient (Wildman–Crippen LogP) is 2.71. The van der Waals surface area contributed by atoms with Crippen LogP contribution in [0.25, 0.3) is 0 Å². The molecule has 1 aromatic heterocycles. The van der Waals surface area contributed by atoms with Gasteiger partial charge in [0.25, 0.3) is 0 Å². The van der Waals surface area contributed by atoms with Gasteiger partial charge in [0.05, 0.1) is 5.69 Å². The van der Waals surface area contributed by atoms with Crippen molar-refractivity contribution in [3.63, 3.8) is 0 Å². The van der Waals surface area contributed by atoms with E-state index in [1.807, 2.05) is 29.2 Å². The maximum absolute atomic E-state index is 13.9. The summed E-state index contributed by atoms with van der Waals surface area (Å²) in [7, 11) is 0. The summed E-state index contributed by atoms with van der Waals surface area (Å²) in [6, 6.07) is 12.3. The van der Waals surface area contributed by atoms with Crippen molar-refractivity contribution in [2.75, 3.05) is 18.0 Å². The molecule has 0 fully saturated rings. The van der Waals surface area contributed by atoms with Gasteiger partial charge in [0.1, 0.15) is 11.6 Å². The number of nitrogens with two attached hydrogens (primary N) is 1. The van der Waals surface area contributed by atoms with Gasteiger partial charge in [-0.05, 0) is 37.2 Å². The molecule has 0 aliphatic heterocycles. The molecule has 2 N–H and O–H groups in total. The largest absolute Gasteiger partial charge is 0.330 e. The second-order valence-electron chi connectivity index (χ2n) is 3.93. The fourth-order valence-corrected chi connectivity index (χ4v) is 1.79. The summed E-state index contributed by atoms with van der Waals surface area (Å²) in [5.41, 5.74) is 6.06. The zero-order chi connectivity index (χ0) is 12.8. The van der Waals surface area contributed by atoms with Crippen LogP contribution in [0.3, 0.4) is 0 Å². The van der Waals surface area contributed by atoms with Crippen LogP contribution in [-0.2, 0) is 0 Å². The lowest BCUT2D eigenvalue weighted by Gasteiger charge is -2.24. The molecule has 0 saturated carbocycles. The average molecular weight is 245 g/mol. The molecule has 0 bridgehead atoms. The lowest BCUT2D eigenvalue weighted by molar-refractivity contribution is 0.623. The third-order valence-corrected chi connectivity index (χ3v) is 2.65. The summed E-state index contributed by atoms with van der Waals surface area (Å²) in [6.07, 6.45) is 2.48. The summed E-state index contributed by atoms with van der Waals surface area (Å²) in [5, 5.41) is 0. The fraction of sp³-hybridized carbons (Fsp3) is 0.214. The third-order valence-electron chi connectivity index (χ3n) is 2.65. The van der Waals surface area contributed by atoms with Crippen LogP contribution in [0, 0.1) is 5.82 Å². The minimum Gasteiger partial charge on any atom is -0.330 e. The standard InChI is InChI=1S/C14H16FN3/c15-12-6-1-2-7-13(12)18(11-5-9-16)14-8-3-4-10-17-14/h1-4,6-8,10H,5,9,11,16H2. The molecule has 0 amide bonds. The molecule has 18 heavy (non-hydrogen) atoms. The molecule has 0 unspecified atom stereocenters. The van der Waals surface area contributed by atoms with E-state index < -0.39 is 0 Å². The molecular weight excluding hydrogens is 229 g/mol. The molecule has 2 rings (SSSR count). The zero-order valence-corrected chi connectivity index (χ0v) is 10.1. The van der Waals surface area contributed by atoms with E-state index in [9.17, 15) is 4.39 Å². The highest BCUT2D eigenvalue weighted by molar-refractivity contribution is 5.60. The topological polar surface area (TPSA) is 42.1 Å². The minimum absolute atomic E-state index is 0.250. The van der Waals surface area contributed by atoms with Gasteiger partial charge < -0.3 is 10.6 Å². The van der Waals surface area contributed by atoms with Gasteiger partial charge in [0, 0.05) is 12.7 Å². The first-order valence-corrected chi connectivity index (χ1v) is 5.96. The molecule has 2 aromatic rings. The highest BCUT2D eigenvalue weighted by Gasteiger charge is 2.13. The molecule has 1 heterocycles. The van der Waals surface area contributed by atoms with E-state index in [4.69, 9.17) is 5.73 Å². The Morgan fingerprint density at radius 1 is 1.11 bits per heavy atom. The predicted molar refractivity (Wildman–Crippen MR) is 71.3 cm³/mol. The first-order valence-electron chi connectivity index (χ1n) is 5.96. The summed E-state index contributed by atoms with van der Waals surface area (Å²) < 4.78 is 13.9. The summed E-state index contributed by atoms with van der Waals surface area (Å²) in [5.74, 6) is 0.483. The number of hydrogen-bond donors (Lipinski definition) is 1. The Hall–Kier alpha value is -1.94. The van der Waals surface area contributed by atoms with E-state index in [0.717, 1.165) is 12.2 Å². The molecule has 4 heteroatoms. The molecule has 0 aliphatic rings. The van der Waals surface area contributed by atoms with Crippen LogP contribution in [-0.4, -0.2) is 18.1 Å². The molecular formula is C14H16FN3. The number of pyridine rings is 1. The number of rotatable bonds is 5. The number of anilines is 2. The first kappa shape index (κ1) is 12.5. The SMILES string of the molecule is NCCCN(c1ccccn1)c1ccccc1F. The molecule has 0 spiro atoms. The highest BCUT2D eigenvalue weighted by Crippen LogP contribution is 2.25. The number of hydrogen-bond acceptors (Lipinski definition) is 3. The van der Waals surface area contributed by atoms with E-state index in [1.54, 1.807) is 18.3 Å². The Morgan fingerprint density at radius 2 is 1.89 bits per heavy atom. The average Bonchev–Trinajstić information content (AvgIpc) is 2.42.